The van der Waals surface area contributed by atoms with E-state index in [4.69, 9.17) is 21.1 Å². The van der Waals surface area contributed by atoms with Gasteiger partial charge in [0.05, 0.1) is 13.2 Å². The van der Waals surface area contributed by atoms with Gasteiger partial charge in [-0.1, -0.05) is 11.6 Å². The van der Waals surface area contributed by atoms with Gasteiger partial charge in [-0.3, -0.25) is 0 Å². The number of aromatic nitrogens is 1. The van der Waals surface area contributed by atoms with E-state index in [1.165, 1.54) is 0 Å². The summed E-state index contributed by atoms with van der Waals surface area (Å²) < 4.78 is 11.0. The van der Waals surface area contributed by atoms with Crippen molar-refractivity contribution >= 4 is 11.6 Å². The zero-order chi connectivity index (χ0) is 13.9. The van der Waals surface area contributed by atoms with Crippen LogP contribution in [0.25, 0.3) is 0 Å². The Morgan fingerprint density at radius 3 is 2.89 bits per heavy atom. The Kier molecular flexibility index (Phi) is 4.66. The standard InChI is InChI=1S/C14H21ClN2O2/c1-14(2,3)17-8-10-6-12(15)13(16-7-10)19-11-4-5-18-9-11/h6-7,11,17H,4-5,8-9H2,1-3H3. The molecule has 106 valence electrons. The number of hydrogen-bond acceptors (Lipinski definition) is 4. The maximum absolute atomic E-state index is 6.20. The van der Waals surface area contributed by atoms with Gasteiger partial charge in [0, 0.05) is 24.7 Å². The van der Waals surface area contributed by atoms with Gasteiger partial charge in [0.25, 0.3) is 0 Å². The van der Waals surface area contributed by atoms with E-state index < -0.39 is 0 Å². The van der Waals surface area contributed by atoms with Crippen molar-refractivity contribution in [1.82, 2.24) is 10.3 Å². The van der Waals surface area contributed by atoms with Crippen molar-refractivity contribution in [2.75, 3.05) is 13.2 Å². The molecule has 1 aromatic heterocycles. The number of pyridine rings is 1. The molecular weight excluding hydrogens is 264 g/mol. The Bertz CT molecular complexity index is 426. The van der Waals surface area contributed by atoms with Crippen molar-refractivity contribution < 1.29 is 9.47 Å². The van der Waals surface area contributed by atoms with Crippen LogP contribution in [-0.4, -0.2) is 29.8 Å². The molecule has 0 radical (unpaired) electrons. The second-order valence-electron chi connectivity index (χ2n) is 5.84. The molecule has 0 spiro atoms. The first kappa shape index (κ1) is 14.6. The fourth-order valence-electron chi connectivity index (χ4n) is 1.78. The number of rotatable bonds is 4. The third-order valence-electron chi connectivity index (χ3n) is 2.85. The molecule has 1 fully saturated rings. The molecular formula is C14H21ClN2O2. The molecule has 2 rings (SSSR count). The summed E-state index contributed by atoms with van der Waals surface area (Å²) in [6.07, 6.45) is 2.77. The van der Waals surface area contributed by atoms with Gasteiger partial charge < -0.3 is 14.8 Å². The van der Waals surface area contributed by atoms with E-state index in [1.54, 1.807) is 6.20 Å². The minimum absolute atomic E-state index is 0.0723. The first-order chi connectivity index (χ1) is 8.94. The summed E-state index contributed by atoms with van der Waals surface area (Å²) >= 11 is 6.20. The van der Waals surface area contributed by atoms with Crippen molar-refractivity contribution in [2.24, 2.45) is 0 Å². The van der Waals surface area contributed by atoms with Crippen LogP contribution in [0.2, 0.25) is 5.02 Å². The molecule has 19 heavy (non-hydrogen) atoms. The molecule has 1 aliphatic heterocycles. The number of hydrogen-bond donors (Lipinski definition) is 1. The average molecular weight is 285 g/mol. The number of nitrogens with zero attached hydrogens (tertiary/aromatic N) is 1. The lowest BCUT2D eigenvalue weighted by molar-refractivity contribution is 0.138. The third kappa shape index (κ3) is 4.64. The Hall–Kier alpha value is -0.840. The maximum atomic E-state index is 6.20. The highest BCUT2D eigenvalue weighted by Gasteiger charge is 2.19. The lowest BCUT2D eigenvalue weighted by atomic mass is 10.1. The highest BCUT2D eigenvalue weighted by Crippen LogP contribution is 2.25. The van der Waals surface area contributed by atoms with Gasteiger partial charge >= 0.3 is 0 Å². The van der Waals surface area contributed by atoms with Crippen LogP contribution in [0.1, 0.15) is 32.8 Å². The lowest BCUT2D eigenvalue weighted by Gasteiger charge is -2.20. The van der Waals surface area contributed by atoms with Crippen LogP contribution in [0, 0.1) is 0 Å². The summed E-state index contributed by atoms with van der Waals surface area (Å²) in [6, 6.07) is 1.90. The normalized spacial score (nSPS) is 19.7. The van der Waals surface area contributed by atoms with E-state index in [1.807, 2.05) is 6.07 Å². The quantitative estimate of drug-likeness (QED) is 0.923. The topological polar surface area (TPSA) is 43.4 Å². The number of halogens is 1. The van der Waals surface area contributed by atoms with E-state index >= 15 is 0 Å². The summed E-state index contributed by atoms with van der Waals surface area (Å²) in [5, 5.41) is 3.95. The summed E-state index contributed by atoms with van der Waals surface area (Å²) in [6.45, 7) is 8.48. The number of ether oxygens (including phenoxy) is 2. The zero-order valence-electron chi connectivity index (χ0n) is 11.7. The minimum Gasteiger partial charge on any atom is -0.471 e. The Morgan fingerprint density at radius 1 is 1.53 bits per heavy atom. The second kappa shape index (κ2) is 6.07. The van der Waals surface area contributed by atoms with Gasteiger partial charge in [-0.2, -0.15) is 0 Å². The SMILES string of the molecule is CC(C)(C)NCc1cnc(OC2CCOC2)c(Cl)c1. The van der Waals surface area contributed by atoms with Crippen LogP contribution >= 0.6 is 11.6 Å². The van der Waals surface area contributed by atoms with Crippen LogP contribution in [-0.2, 0) is 11.3 Å². The molecule has 1 unspecified atom stereocenters. The van der Waals surface area contributed by atoms with Gasteiger partial charge in [0.15, 0.2) is 0 Å². The third-order valence-corrected chi connectivity index (χ3v) is 3.12. The molecule has 0 aliphatic carbocycles. The molecule has 1 aliphatic rings. The van der Waals surface area contributed by atoms with Crippen LogP contribution in [0.4, 0.5) is 0 Å². The lowest BCUT2D eigenvalue weighted by Crippen LogP contribution is -2.35. The van der Waals surface area contributed by atoms with Crippen LogP contribution < -0.4 is 10.1 Å². The summed E-state index contributed by atoms with van der Waals surface area (Å²) in [7, 11) is 0. The predicted octanol–water partition coefficient (Wildman–Crippen LogP) is 2.79. The average Bonchev–Trinajstić information content (AvgIpc) is 2.81. The zero-order valence-corrected chi connectivity index (χ0v) is 12.5. The van der Waals surface area contributed by atoms with Gasteiger partial charge in [-0.05, 0) is 32.4 Å². The van der Waals surface area contributed by atoms with Gasteiger partial charge in [0.2, 0.25) is 5.88 Å². The molecule has 1 N–H and O–H groups in total. The molecule has 0 bridgehead atoms. The summed E-state index contributed by atoms with van der Waals surface area (Å²) in [5.41, 5.74) is 1.12. The van der Waals surface area contributed by atoms with E-state index in [9.17, 15) is 0 Å². The molecule has 0 amide bonds. The van der Waals surface area contributed by atoms with Crippen molar-refractivity contribution in [2.45, 2.75) is 45.4 Å². The molecule has 1 aromatic rings. The minimum atomic E-state index is 0.0723. The van der Waals surface area contributed by atoms with E-state index in [0.29, 0.717) is 17.5 Å². The van der Waals surface area contributed by atoms with E-state index in [2.05, 4.69) is 31.1 Å². The fraction of sp³-hybridized carbons (Fsp3) is 0.643. The molecule has 5 heteroatoms. The van der Waals surface area contributed by atoms with Gasteiger partial charge in [-0.15, -0.1) is 0 Å². The maximum Gasteiger partial charge on any atom is 0.232 e. The molecule has 0 saturated carbocycles. The molecule has 0 aromatic carbocycles. The van der Waals surface area contributed by atoms with E-state index in [-0.39, 0.29) is 11.6 Å². The molecule has 1 saturated heterocycles. The largest absolute Gasteiger partial charge is 0.471 e. The fourth-order valence-corrected chi connectivity index (χ4v) is 2.01. The van der Waals surface area contributed by atoms with E-state index in [0.717, 1.165) is 25.1 Å². The van der Waals surface area contributed by atoms with Crippen molar-refractivity contribution in [3.8, 4) is 5.88 Å². The van der Waals surface area contributed by atoms with Gasteiger partial charge in [0.1, 0.15) is 11.1 Å². The van der Waals surface area contributed by atoms with Crippen LogP contribution in [0.15, 0.2) is 12.3 Å². The first-order valence-corrected chi connectivity index (χ1v) is 6.96. The Morgan fingerprint density at radius 2 is 2.32 bits per heavy atom. The highest BCUT2D eigenvalue weighted by atomic mass is 35.5. The molecule has 4 nitrogen and oxygen atoms in total. The van der Waals surface area contributed by atoms with Gasteiger partial charge in [-0.25, -0.2) is 4.98 Å². The Balaban J connectivity index is 1.96. The highest BCUT2D eigenvalue weighted by molar-refractivity contribution is 6.31. The summed E-state index contributed by atoms with van der Waals surface area (Å²) in [4.78, 5) is 4.29. The number of nitrogens with one attached hydrogen (secondary N) is 1. The predicted molar refractivity (Wildman–Crippen MR) is 75.7 cm³/mol. The molecule has 1 atom stereocenters. The second-order valence-corrected chi connectivity index (χ2v) is 6.24. The van der Waals surface area contributed by atoms with Crippen LogP contribution in [0.3, 0.4) is 0 Å². The van der Waals surface area contributed by atoms with Crippen LogP contribution in [0.5, 0.6) is 5.88 Å². The first-order valence-electron chi connectivity index (χ1n) is 6.58. The Labute approximate surface area is 119 Å². The van der Waals surface area contributed by atoms with Crippen molar-refractivity contribution in [1.29, 1.82) is 0 Å². The molecule has 2 heterocycles. The monoisotopic (exact) mass is 284 g/mol. The van der Waals surface area contributed by atoms with Crippen molar-refractivity contribution in [3.05, 3.63) is 22.8 Å². The summed E-state index contributed by atoms with van der Waals surface area (Å²) in [5.74, 6) is 0.497. The smallest absolute Gasteiger partial charge is 0.232 e. The van der Waals surface area contributed by atoms with Crippen molar-refractivity contribution in [3.63, 3.8) is 0 Å².